The summed E-state index contributed by atoms with van der Waals surface area (Å²) >= 11 is 0. The van der Waals surface area contributed by atoms with Gasteiger partial charge in [0.2, 0.25) is 17.6 Å². The number of nitrogens with zero attached hydrogens (tertiary/aromatic N) is 2. The van der Waals surface area contributed by atoms with Crippen molar-refractivity contribution in [3.63, 3.8) is 0 Å². The fourth-order valence-electron chi connectivity index (χ4n) is 2.56. The summed E-state index contributed by atoms with van der Waals surface area (Å²) in [5, 5.41) is 10.1. The molecule has 8 heteroatoms. The molecule has 0 saturated carbocycles. The molecule has 0 radical (unpaired) electrons. The number of hydrogen-bond donors (Lipinski definition) is 2. The molecule has 2 heterocycles. The van der Waals surface area contributed by atoms with Crippen LogP contribution in [0.4, 0.5) is 0 Å². The zero-order chi connectivity index (χ0) is 16.2. The number of aromatic nitrogens is 2. The summed E-state index contributed by atoms with van der Waals surface area (Å²) in [5.41, 5.74) is 0.804. The fraction of sp³-hybridized carbons (Fsp3) is 0.438. The number of hydrogen-bond acceptors (Lipinski definition) is 6. The van der Waals surface area contributed by atoms with Gasteiger partial charge in [-0.05, 0) is 32.0 Å². The number of nitrogens with one attached hydrogen (secondary N) is 2. The average molecular weight is 353 g/mol. The number of benzene rings is 1. The van der Waals surface area contributed by atoms with E-state index >= 15 is 0 Å². The van der Waals surface area contributed by atoms with Crippen LogP contribution in [-0.4, -0.2) is 36.2 Å². The van der Waals surface area contributed by atoms with Crippen LogP contribution in [0, 0.1) is 5.92 Å². The Hall–Kier alpha value is -2.12. The highest BCUT2D eigenvalue weighted by molar-refractivity contribution is 5.85. The van der Waals surface area contributed by atoms with Crippen molar-refractivity contribution in [1.29, 1.82) is 0 Å². The highest BCUT2D eigenvalue weighted by Crippen LogP contribution is 2.23. The lowest BCUT2D eigenvalue weighted by atomic mass is 10.1. The highest BCUT2D eigenvalue weighted by Gasteiger charge is 2.25. The van der Waals surface area contributed by atoms with Crippen molar-refractivity contribution in [2.75, 3.05) is 20.2 Å². The molecule has 1 saturated heterocycles. The second-order valence-electron chi connectivity index (χ2n) is 5.61. The Morgan fingerprint density at radius 1 is 1.50 bits per heavy atom. The van der Waals surface area contributed by atoms with Gasteiger partial charge >= 0.3 is 0 Å². The molecule has 3 rings (SSSR count). The topological polar surface area (TPSA) is 89.3 Å². The summed E-state index contributed by atoms with van der Waals surface area (Å²) in [5.74, 6) is 1.62. The third-order valence-corrected chi connectivity index (χ3v) is 3.93. The molecule has 7 nitrogen and oxygen atoms in total. The monoisotopic (exact) mass is 352 g/mol. The molecule has 1 aliphatic heterocycles. The van der Waals surface area contributed by atoms with Crippen molar-refractivity contribution < 1.29 is 14.1 Å². The van der Waals surface area contributed by atoms with E-state index in [0.29, 0.717) is 11.7 Å². The fourth-order valence-corrected chi connectivity index (χ4v) is 2.56. The Morgan fingerprint density at radius 2 is 2.33 bits per heavy atom. The SMILES string of the molecule is COc1cccc(-c2noc(C(C)NC(=O)C3CCNC3)n2)c1.Cl. The van der Waals surface area contributed by atoms with Crippen LogP contribution in [0.1, 0.15) is 25.3 Å². The summed E-state index contributed by atoms with van der Waals surface area (Å²) in [6.45, 7) is 3.44. The summed E-state index contributed by atoms with van der Waals surface area (Å²) in [4.78, 5) is 16.5. The molecule has 0 bridgehead atoms. The molecule has 1 aromatic heterocycles. The first-order valence-corrected chi connectivity index (χ1v) is 7.66. The van der Waals surface area contributed by atoms with E-state index in [1.54, 1.807) is 7.11 Å². The van der Waals surface area contributed by atoms with Crippen molar-refractivity contribution in [1.82, 2.24) is 20.8 Å². The molecule has 2 aromatic rings. The molecule has 2 N–H and O–H groups in total. The van der Waals surface area contributed by atoms with Gasteiger partial charge in [0, 0.05) is 12.1 Å². The number of carbonyl (C=O) groups excluding carboxylic acids is 1. The third kappa shape index (κ3) is 4.04. The van der Waals surface area contributed by atoms with Gasteiger partial charge in [-0.25, -0.2) is 0 Å². The summed E-state index contributed by atoms with van der Waals surface area (Å²) in [6, 6.07) is 7.10. The number of carbonyl (C=O) groups is 1. The Morgan fingerprint density at radius 3 is 3.04 bits per heavy atom. The van der Waals surface area contributed by atoms with Crippen LogP contribution in [-0.2, 0) is 4.79 Å². The van der Waals surface area contributed by atoms with Gasteiger partial charge in [-0.1, -0.05) is 17.3 Å². The molecular weight excluding hydrogens is 332 g/mol. The van der Waals surface area contributed by atoms with Gasteiger partial charge in [-0.3, -0.25) is 4.79 Å². The van der Waals surface area contributed by atoms with Crippen LogP contribution in [0.2, 0.25) is 0 Å². The molecule has 2 atom stereocenters. The van der Waals surface area contributed by atoms with E-state index in [2.05, 4.69) is 20.8 Å². The van der Waals surface area contributed by atoms with Gasteiger partial charge in [0.1, 0.15) is 11.8 Å². The molecular formula is C16H21ClN4O3. The third-order valence-electron chi connectivity index (χ3n) is 3.93. The van der Waals surface area contributed by atoms with E-state index in [-0.39, 0.29) is 30.3 Å². The van der Waals surface area contributed by atoms with E-state index in [1.165, 1.54) is 0 Å². The molecule has 0 spiro atoms. The van der Waals surface area contributed by atoms with Crippen molar-refractivity contribution in [2.24, 2.45) is 5.92 Å². The Labute approximate surface area is 146 Å². The standard InChI is InChI=1S/C16H20N4O3.ClH/c1-10(18-15(21)12-6-7-17-9-12)16-19-14(20-23-16)11-4-3-5-13(8-11)22-2;/h3-5,8,10,12,17H,6-7,9H2,1-2H3,(H,18,21);1H. The Kier molecular flexibility index (Phi) is 6.16. The first-order valence-electron chi connectivity index (χ1n) is 7.66. The van der Waals surface area contributed by atoms with Crippen LogP contribution in [0.5, 0.6) is 5.75 Å². The van der Waals surface area contributed by atoms with Crippen LogP contribution in [0.15, 0.2) is 28.8 Å². The first kappa shape index (κ1) is 18.2. The summed E-state index contributed by atoms with van der Waals surface area (Å²) in [6.07, 6.45) is 0.859. The van der Waals surface area contributed by atoms with Crippen molar-refractivity contribution in [3.05, 3.63) is 30.2 Å². The van der Waals surface area contributed by atoms with E-state index in [1.807, 2.05) is 31.2 Å². The minimum Gasteiger partial charge on any atom is -0.497 e. The summed E-state index contributed by atoms with van der Waals surface area (Å²) in [7, 11) is 1.61. The number of ether oxygens (including phenoxy) is 1. The average Bonchev–Trinajstić information content (AvgIpc) is 3.26. The molecule has 1 amide bonds. The van der Waals surface area contributed by atoms with Crippen molar-refractivity contribution >= 4 is 18.3 Å². The van der Waals surface area contributed by atoms with E-state index in [4.69, 9.17) is 9.26 Å². The smallest absolute Gasteiger partial charge is 0.249 e. The molecule has 2 unspecified atom stereocenters. The van der Waals surface area contributed by atoms with E-state index in [9.17, 15) is 4.79 Å². The van der Waals surface area contributed by atoms with Gasteiger partial charge in [0.05, 0.1) is 13.0 Å². The lowest BCUT2D eigenvalue weighted by Gasteiger charge is -2.13. The molecule has 1 aromatic carbocycles. The molecule has 130 valence electrons. The molecule has 0 aliphatic carbocycles. The zero-order valence-corrected chi connectivity index (χ0v) is 14.4. The predicted molar refractivity (Wildman–Crippen MR) is 91.1 cm³/mol. The van der Waals surface area contributed by atoms with Gasteiger partial charge in [-0.15, -0.1) is 12.4 Å². The van der Waals surface area contributed by atoms with Crippen LogP contribution in [0.3, 0.4) is 0 Å². The minimum absolute atomic E-state index is 0. The molecule has 1 fully saturated rings. The minimum atomic E-state index is -0.324. The maximum absolute atomic E-state index is 12.1. The molecule has 1 aliphatic rings. The van der Waals surface area contributed by atoms with Crippen LogP contribution >= 0.6 is 12.4 Å². The largest absolute Gasteiger partial charge is 0.497 e. The second kappa shape index (κ2) is 8.12. The zero-order valence-electron chi connectivity index (χ0n) is 13.6. The van der Waals surface area contributed by atoms with Gasteiger partial charge < -0.3 is 19.9 Å². The van der Waals surface area contributed by atoms with E-state index in [0.717, 1.165) is 30.8 Å². The number of rotatable bonds is 5. The van der Waals surface area contributed by atoms with Crippen molar-refractivity contribution in [3.8, 4) is 17.1 Å². The summed E-state index contributed by atoms with van der Waals surface area (Å²) < 4.78 is 10.5. The quantitative estimate of drug-likeness (QED) is 0.855. The maximum Gasteiger partial charge on any atom is 0.249 e. The van der Waals surface area contributed by atoms with Gasteiger partial charge in [0.25, 0.3) is 0 Å². The lowest BCUT2D eigenvalue weighted by molar-refractivity contribution is -0.125. The lowest BCUT2D eigenvalue weighted by Crippen LogP contribution is -2.33. The number of methoxy groups -OCH3 is 1. The highest BCUT2D eigenvalue weighted by atomic mass is 35.5. The maximum atomic E-state index is 12.1. The normalized spacial score (nSPS) is 17.8. The first-order chi connectivity index (χ1) is 11.2. The van der Waals surface area contributed by atoms with Gasteiger partial charge in [0.15, 0.2) is 0 Å². The number of halogens is 1. The van der Waals surface area contributed by atoms with E-state index < -0.39 is 0 Å². The van der Waals surface area contributed by atoms with Crippen molar-refractivity contribution in [2.45, 2.75) is 19.4 Å². The van der Waals surface area contributed by atoms with Gasteiger partial charge in [-0.2, -0.15) is 4.98 Å². The Balaban J connectivity index is 0.00000208. The number of amides is 1. The second-order valence-corrected chi connectivity index (χ2v) is 5.61. The predicted octanol–water partition coefficient (Wildman–Crippen LogP) is 1.95. The Bertz CT molecular complexity index is 685. The molecule has 24 heavy (non-hydrogen) atoms. The van der Waals surface area contributed by atoms with Crippen LogP contribution in [0.25, 0.3) is 11.4 Å². The van der Waals surface area contributed by atoms with Crippen LogP contribution < -0.4 is 15.4 Å².